The van der Waals surface area contributed by atoms with Crippen LogP contribution in [-0.2, 0) is 0 Å². The number of hydrogen-bond donors (Lipinski definition) is 6. The summed E-state index contributed by atoms with van der Waals surface area (Å²) < 4.78 is 11.8. The Balaban J connectivity index is 1.46. The molecule has 2 aliphatic heterocycles. The van der Waals surface area contributed by atoms with Crippen LogP contribution in [0.25, 0.3) is 12.2 Å². The van der Waals surface area contributed by atoms with Crippen molar-refractivity contribution in [3.05, 3.63) is 89.2 Å². The number of phenolic OH excluding ortho intramolecular Hbond substituents is 5. The van der Waals surface area contributed by atoms with Gasteiger partial charge in [0.05, 0.1) is 0 Å². The molecule has 0 bridgehead atoms. The van der Waals surface area contributed by atoms with E-state index in [9.17, 15) is 30.6 Å². The molecule has 2 heterocycles. The van der Waals surface area contributed by atoms with Gasteiger partial charge in [-0.1, -0.05) is 24.3 Å². The van der Waals surface area contributed by atoms with Crippen molar-refractivity contribution in [3.8, 4) is 40.2 Å². The molecule has 2 aliphatic rings. The van der Waals surface area contributed by atoms with Crippen LogP contribution in [0, 0.1) is 0 Å². The predicted octanol–water partition coefficient (Wildman–Crippen LogP) is 4.47. The van der Waals surface area contributed by atoms with E-state index in [2.05, 4.69) is 0 Å². The highest BCUT2D eigenvalue weighted by atomic mass is 16.6. The van der Waals surface area contributed by atoms with Gasteiger partial charge in [0.15, 0.2) is 23.0 Å². The molecule has 0 aliphatic carbocycles. The number of allylic oxidation sites excluding steroid dienone is 2. The monoisotopic (exact) mass is 474 g/mol. The molecule has 0 amide bonds. The van der Waals surface area contributed by atoms with Crippen molar-refractivity contribution in [2.24, 2.45) is 0 Å². The zero-order valence-electron chi connectivity index (χ0n) is 18.3. The van der Waals surface area contributed by atoms with Crippen molar-refractivity contribution in [2.75, 3.05) is 0 Å². The molecular formula is C27H22O8. The number of aromatic hydroxyl groups is 5. The van der Waals surface area contributed by atoms with Gasteiger partial charge in [-0.25, -0.2) is 0 Å². The minimum absolute atomic E-state index is 0.0946. The summed E-state index contributed by atoms with van der Waals surface area (Å²) in [7, 11) is 0. The standard InChI is InChI=1S/C27H22O8/c28-18-12-24-26-17(11-19(34-24)4-1-15-2-5-20(29)22(31)9-15)14-27(33,35-25(26)13-18)8-7-16-3-6-21(30)23(32)10-16/h1-13,17,28-33H,14H2/b4-1+,8-7+. The topological polar surface area (TPSA) is 140 Å². The summed E-state index contributed by atoms with van der Waals surface area (Å²) >= 11 is 0. The Morgan fingerprint density at radius 2 is 1.37 bits per heavy atom. The van der Waals surface area contributed by atoms with Crippen molar-refractivity contribution in [3.63, 3.8) is 0 Å². The lowest BCUT2D eigenvalue weighted by Crippen LogP contribution is -2.39. The van der Waals surface area contributed by atoms with Crippen LogP contribution in [0.15, 0.2) is 72.5 Å². The Morgan fingerprint density at radius 1 is 0.743 bits per heavy atom. The summed E-state index contributed by atoms with van der Waals surface area (Å²) in [5.74, 6) is -1.98. The van der Waals surface area contributed by atoms with E-state index in [1.54, 1.807) is 30.4 Å². The van der Waals surface area contributed by atoms with Crippen LogP contribution in [0.3, 0.4) is 0 Å². The molecule has 8 nitrogen and oxygen atoms in total. The van der Waals surface area contributed by atoms with Crippen molar-refractivity contribution in [2.45, 2.75) is 18.1 Å². The molecule has 178 valence electrons. The van der Waals surface area contributed by atoms with E-state index in [4.69, 9.17) is 9.47 Å². The van der Waals surface area contributed by atoms with Crippen LogP contribution in [0.5, 0.6) is 40.2 Å². The van der Waals surface area contributed by atoms with E-state index in [1.165, 1.54) is 42.5 Å². The lowest BCUT2D eigenvalue weighted by molar-refractivity contribution is -0.111. The molecule has 0 saturated heterocycles. The maximum Gasteiger partial charge on any atom is 0.229 e. The average Bonchev–Trinajstić information content (AvgIpc) is 2.80. The minimum Gasteiger partial charge on any atom is -0.508 e. The van der Waals surface area contributed by atoms with Gasteiger partial charge in [0, 0.05) is 30.0 Å². The first-order chi connectivity index (χ1) is 16.7. The van der Waals surface area contributed by atoms with Crippen molar-refractivity contribution < 1.29 is 40.1 Å². The molecule has 35 heavy (non-hydrogen) atoms. The predicted molar refractivity (Wildman–Crippen MR) is 127 cm³/mol. The fourth-order valence-corrected chi connectivity index (χ4v) is 4.16. The SMILES string of the molecule is Oc1cc2c3c(c1)OC(O)(/C=C/c1ccc(O)c(O)c1)CC3C=C(/C=C/c1ccc(O)c(O)c1)O2. The van der Waals surface area contributed by atoms with Crippen molar-refractivity contribution in [1.29, 1.82) is 0 Å². The summed E-state index contributed by atoms with van der Waals surface area (Å²) in [4.78, 5) is 0. The summed E-state index contributed by atoms with van der Waals surface area (Å²) in [5.41, 5.74) is 1.88. The van der Waals surface area contributed by atoms with Crippen molar-refractivity contribution in [1.82, 2.24) is 0 Å². The summed E-state index contributed by atoms with van der Waals surface area (Å²) in [5, 5.41) is 59.8. The zero-order valence-corrected chi connectivity index (χ0v) is 18.3. The minimum atomic E-state index is -1.72. The third-order valence-corrected chi connectivity index (χ3v) is 5.83. The molecule has 2 unspecified atom stereocenters. The third-order valence-electron chi connectivity index (χ3n) is 5.83. The quantitative estimate of drug-likeness (QED) is 0.304. The van der Waals surface area contributed by atoms with Gasteiger partial charge in [-0.15, -0.1) is 0 Å². The molecular weight excluding hydrogens is 452 g/mol. The Bertz CT molecular complexity index is 1400. The fourth-order valence-electron chi connectivity index (χ4n) is 4.16. The average molecular weight is 474 g/mol. The van der Waals surface area contributed by atoms with E-state index in [1.807, 2.05) is 6.08 Å². The van der Waals surface area contributed by atoms with E-state index in [0.29, 0.717) is 28.2 Å². The Hall–Kier alpha value is -4.56. The van der Waals surface area contributed by atoms with Gasteiger partial charge >= 0.3 is 0 Å². The van der Waals surface area contributed by atoms with Crippen molar-refractivity contribution >= 4 is 12.2 Å². The molecule has 6 N–H and O–H groups in total. The van der Waals surface area contributed by atoms with Crippen LogP contribution in [-0.4, -0.2) is 36.4 Å². The molecule has 0 radical (unpaired) electrons. The van der Waals surface area contributed by atoms with Gasteiger partial charge in [-0.3, -0.25) is 0 Å². The highest BCUT2D eigenvalue weighted by Crippen LogP contribution is 2.50. The normalized spacial score (nSPS) is 20.8. The Labute approximate surface area is 200 Å². The van der Waals surface area contributed by atoms with Crippen LogP contribution in [0.4, 0.5) is 0 Å². The number of rotatable bonds is 4. The Morgan fingerprint density at radius 3 is 2.03 bits per heavy atom. The second-order valence-corrected chi connectivity index (χ2v) is 8.45. The smallest absolute Gasteiger partial charge is 0.229 e. The van der Waals surface area contributed by atoms with E-state index in [-0.39, 0.29) is 46.8 Å². The number of hydrogen-bond acceptors (Lipinski definition) is 8. The summed E-state index contributed by atoms with van der Waals surface area (Å²) in [6, 6.07) is 11.6. The maximum absolute atomic E-state index is 11.2. The molecule has 0 aromatic heterocycles. The van der Waals surface area contributed by atoms with Gasteiger partial charge in [0.1, 0.15) is 23.0 Å². The summed E-state index contributed by atoms with van der Waals surface area (Å²) in [6.07, 6.45) is 8.37. The fraction of sp³-hybridized carbons (Fsp3) is 0.111. The van der Waals surface area contributed by atoms with Crippen LogP contribution < -0.4 is 9.47 Å². The molecule has 2 atom stereocenters. The summed E-state index contributed by atoms with van der Waals surface area (Å²) in [6.45, 7) is 0. The van der Waals surface area contributed by atoms with Gasteiger partial charge in [-0.05, 0) is 53.6 Å². The van der Waals surface area contributed by atoms with E-state index >= 15 is 0 Å². The molecule has 3 aromatic carbocycles. The largest absolute Gasteiger partial charge is 0.508 e. The van der Waals surface area contributed by atoms with Crippen LogP contribution >= 0.6 is 0 Å². The second kappa shape index (κ2) is 8.34. The lowest BCUT2D eigenvalue weighted by Gasteiger charge is -2.38. The molecule has 0 fully saturated rings. The number of ether oxygens (including phenoxy) is 2. The zero-order chi connectivity index (χ0) is 24.7. The van der Waals surface area contributed by atoms with E-state index < -0.39 is 5.79 Å². The highest BCUT2D eigenvalue weighted by molar-refractivity contribution is 5.62. The first kappa shape index (κ1) is 22.2. The van der Waals surface area contributed by atoms with Gasteiger partial charge in [0.2, 0.25) is 5.79 Å². The third kappa shape index (κ3) is 4.47. The van der Waals surface area contributed by atoms with Gasteiger partial charge in [0.25, 0.3) is 0 Å². The first-order valence-corrected chi connectivity index (χ1v) is 10.8. The maximum atomic E-state index is 11.2. The molecule has 3 aromatic rings. The van der Waals surface area contributed by atoms with Gasteiger partial charge < -0.3 is 40.1 Å². The second-order valence-electron chi connectivity index (χ2n) is 8.45. The van der Waals surface area contributed by atoms with Crippen LogP contribution in [0.2, 0.25) is 0 Å². The van der Waals surface area contributed by atoms with Gasteiger partial charge in [-0.2, -0.15) is 0 Å². The van der Waals surface area contributed by atoms with Crippen LogP contribution in [0.1, 0.15) is 29.0 Å². The number of phenols is 5. The number of benzene rings is 3. The highest BCUT2D eigenvalue weighted by Gasteiger charge is 2.40. The first-order valence-electron chi connectivity index (χ1n) is 10.8. The number of aliphatic hydroxyl groups is 1. The molecule has 5 rings (SSSR count). The van der Waals surface area contributed by atoms with E-state index in [0.717, 1.165) is 0 Å². The Kier molecular flexibility index (Phi) is 5.30. The molecule has 8 heteroatoms. The lowest BCUT2D eigenvalue weighted by atomic mass is 9.85. The molecule has 0 spiro atoms. The molecule has 0 saturated carbocycles.